The second kappa shape index (κ2) is 9.67. The molecule has 0 bridgehead atoms. The first-order valence-electron chi connectivity index (χ1n) is 11.4. The maximum atomic E-state index is 13.0. The topological polar surface area (TPSA) is 122 Å². The number of carbonyl (C=O) groups excluding carboxylic acids is 2. The molecule has 0 saturated carbocycles. The number of H-pyrrole nitrogens is 1. The first-order valence-corrected chi connectivity index (χ1v) is 11.7. The molecule has 8 nitrogen and oxygen atoms in total. The fourth-order valence-electron chi connectivity index (χ4n) is 4.05. The number of para-hydroxylation sites is 2. The molecule has 0 spiro atoms. The van der Waals surface area contributed by atoms with Crippen LogP contribution in [0.4, 0.5) is 17.1 Å². The number of aromatic nitrogens is 2. The van der Waals surface area contributed by atoms with Crippen molar-refractivity contribution in [3.8, 4) is 11.1 Å². The van der Waals surface area contributed by atoms with E-state index in [-0.39, 0.29) is 17.2 Å². The number of nitrogen functional groups attached to an aromatic ring is 1. The van der Waals surface area contributed by atoms with E-state index in [1.54, 1.807) is 80.0 Å². The molecule has 2 amide bonds. The first-order chi connectivity index (χ1) is 17.8. The maximum absolute atomic E-state index is 13.0. The molecule has 184 valence electrons. The van der Waals surface area contributed by atoms with Crippen LogP contribution in [0.3, 0.4) is 0 Å². The number of carbonyl (C=O) groups is 2. The second-order valence-electron chi connectivity index (χ2n) is 8.51. The molecule has 5 aromatic rings. The summed E-state index contributed by atoms with van der Waals surface area (Å²) in [6.45, 7) is 0. The zero-order valence-electron chi connectivity index (χ0n) is 19.7. The van der Waals surface area contributed by atoms with Gasteiger partial charge in [-0.25, -0.2) is 0 Å². The van der Waals surface area contributed by atoms with Gasteiger partial charge in [0.25, 0.3) is 17.4 Å². The van der Waals surface area contributed by atoms with Gasteiger partial charge in [-0.3, -0.25) is 14.4 Å². The van der Waals surface area contributed by atoms with E-state index in [1.165, 1.54) is 4.57 Å². The van der Waals surface area contributed by atoms with Crippen molar-refractivity contribution in [2.75, 3.05) is 16.4 Å². The number of benzene rings is 3. The van der Waals surface area contributed by atoms with E-state index in [4.69, 9.17) is 17.3 Å². The van der Waals surface area contributed by atoms with E-state index in [1.807, 2.05) is 12.1 Å². The lowest BCUT2D eigenvalue weighted by Crippen LogP contribution is -2.17. The van der Waals surface area contributed by atoms with E-state index >= 15 is 0 Å². The van der Waals surface area contributed by atoms with Gasteiger partial charge in [0.05, 0.1) is 11.4 Å². The highest BCUT2D eigenvalue weighted by Gasteiger charge is 2.17. The molecule has 2 heterocycles. The summed E-state index contributed by atoms with van der Waals surface area (Å²) in [5.74, 6) is -0.750. The zero-order chi connectivity index (χ0) is 26.1. The summed E-state index contributed by atoms with van der Waals surface area (Å²) >= 11 is 6.17. The lowest BCUT2D eigenvalue weighted by molar-refractivity contribution is 0.101. The molecular weight excluding hydrogens is 490 g/mol. The van der Waals surface area contributed by atoms with Crippen LogP contribution in [0.15, 0.2) is 89.9 Å². The van der Waals surface area contributed by atoms with Crippen molar-refractivity contribution in [1.82, 2.24) is 9.55 Å². The molecule has 0 atom stereocenters. The van der Waals surface area contributed by atoms with Gasteiger partial charge in [0.1, 0.15) is 11.2 Å². The fourth-order valence-corrected chi connectivity index (χ4v) is 4.24. The van der Waals surface area contributed by atoms with Crippen molar-refractivity contribution in [3.63, 3.8) is 0 Å². The number of hydrogen-bond donors (Lipinski definition) is 4. The quantitative estimate of drug-likeness (QED) is 0.240. The summed E-state index contributed by atoms with van der Waals surface area (Å²) in [6, 6.07) is 22.4. The van der Waals surface area contributed by atoms with Gasteiger partial charge in [-0.2, -0.15) is 0 Å². The third kappa shape index (κ3) is 4.82. The monoisotopic (exact) mass is 511 g/mol. The van der Waals surface area contributed by atoms with Crippen molar-refractivity contribution < 1.29 is 9.59 Å². The molecule has 0 radical (unpaired) electrons. The largest absolute Gasteiger partial charge is 0.397 e. The minimum absolute atomic E-state index is 0.225. The summed E-state index contributed by atoms with van der Waals surface area (Å²) in [6.07, 6.45) is 1.72. The number of nitrogens with one attached hydrogen (secondary N) is 3. The number of hydrogen-bond acceptors (Lipinski definition) is 4. The highest BCUT2D eigenvalue weighted by atomic mass is 35.5. The Labute approximate surface area is 216 Å². The Hall–Kier alpha value is -4.82. The minimum atomic E-state index is -0.426. The minimum Gasteiger partial charge on any atom is -0.397 e. The Balaban J connectivity index is 1.38. The van der Waals surface area contributed by atoms with Gasteiger partial charge >= 0.3 is 0 Å². The van der Waals surface area contributed by atoms with E-state index < -0.39 is 5.91 Å². The average molecular weight is 512 g/mol. The number of nitrogens with zero attached hydrogens (tertiary/aromatic N) is 1. The Bertz CT molecular complexity index is 1720. The fraction of sp³-hybridized carbons (Fsp3) is 0.0357. The van der Waals surface area contributed by atoms with Crippen LogP contribution in [-0.2, 0) is 7.05 Å². The van der Waals surface area contributed by atoms with Crippen LogP contribution in [0, 0.1) is 0 Å². The molecular formula is C28H22ClN5O3. The van der Waals surface area contributed by atoms with Gasteiger partial charge < -0.3 is 25.9 Å². The number of anilines is 3. The van der Waals surface area contributed by atoms with Crippen LogP contribution in [0.25, 0.3) is 22.0 Å². The smallest absolute Gasteiger partial charge is 0.274 e. The summed E-state index contributed by atoms with van der Waals surface area (Å²) < 4.78 is 1.46. The molecule has 0 fully saturated rings. The van der Waals surface area contributed by atoms with Gasteiger partial charge in [-0.1, -0.05) is 35.9 Å². The third-order valence-electron chi connectivity index (χ3n) is 5.96. The van der Waals surface area contributed by atoms with E-state index in [0.717, 1.165) is 11.1 Å². The number of aromatic amines is 1. The number of nitrogens with two attached hydrogens (primary N) is 1. The standard InChI is InChI=1S/C28H22ClN5O3/c1-34-15-21(17-5-4-6-18(29)13-17)20-14-24(32-25(20)28(34)37)27(36)31-19-11-9-16(10-12-19)26(35)33-23-8-3-2-7-22(23)30/h2-15,32H,30H2,1H3,(H,31,36)(H,33,35). The molecule has 0 aliphatic heterocycles. The Morgan fingerprint density at radius 2 is 1.68 bits per heavy atom. The number of rotatable bonds is 5. The summed E-state index contributed by atoms with van der Waals surface area (Å²) in [5.41, 5.74) is 9.64. The molecule has 0 aliphatic rings. The van der Waals surface area contributed by atoms with Gasteiger partial charge in [-0.05, 0) is 60.2 Å². The number of amides is 2. The van der Waals surface area contributed by atoms with E-state index in [9.17, 15) is 14.4 Å². The van der Waals surface area contributed by atoms with Crippen LogP contribution in [0.2, 0.25) is 5.02 Å². The van der Waals surface area contributed by atoms with Gasteiger partial charge in [0.15, 0.2) is 0 Å². The number of pyridine rings is 1. The van der Waals surface area contributed by atoms with Gasteiger partial charge in [0, 0.05) is 40.5 Å². The van der Waals surface area contributed by atoms with Crippen LogP contribution >= 0.6 is 11.6 Å². The van der Waals surface area contributed by atoms with Crippen LogP contribution in [-0.4, -0.2) is 21.4 Å². The van der Waals surface area contributed by atoms with Crippen molar-refractivity contribution in [2.45, 2.75) is 0 Å². The summed E-state index contributed by atoms with van der Waals surface area (Å²) in [4.78, 5) is 41.3. The SMILES string of the molecule is Cn1cc(-c2cccc(Cl)c2)c2cc(C(=O)Nc3ccc(C(=O)Nc4ccccc4N)cc3)[nH]c2c1=O. The molecule has 2 aromatic heterocycles. The van der Waals surface area contributed by atoms with Crippen LogP contribution < -0.4 is 21.9 Å². The lowest BCUT2D eigenvalue weighted by Gasteiger charge is -2.09. The van der Waals surface area contributed by atoms with Crippen LogP contribution in [0.1, 0.15) is 20.8 Å². The second-order valence-corrected chi connectivity index (χ2v) is 8.95. The normalized spacial score (nSPS) is 10.9. The maximum Gasteiger partial charge on any atom is 0.274 e. The Kier molecular flexibility index (Phi) is 6.25. The number of aryl methyl sites for hydroxylation is 1. The van der Waals surface area contributed by atoms with Crippen molar-refractivity contribution >= 4 is 51.4 Å². The average Bonchev–Trinajstić information content (AvgIpc) is 3.34. The highest BCUT2D eigenvalue weighted by molar-refractivity contribution is 6.31. The van der Waals surface area contributed by atoms with E-state index in [2.05, 4.69) is 15.6 Å². The van der Waals surface area contributed by atoms with Gasteiger partial charge in [0.2, 0.25) is 0 Å². The third-order valence-corrected chi connectivity index (χ3v) is 6.19. The first kappa shape index (κ1) is 23.9. The molecule has 9 heteroatoms. The lowest BCUT2D eigenvalue weighted by atomic mass is 10.0. The van der Waals surface area contributed by atoms with Gasteiger partial charge in [-0.15, -0.1) is 0 Å². The van der Waals surface area contributed by atoms with E-state index in [0.29, 0.717) is 38.6 Å². The molecule has 37 heavy (non-hydrogen) atoms. The van der Waals surface area contributed by atoms with Crippen molar-refractivity contribution in [2.24, 2.45) is 7.05 Å². The molecule has 0 saturated heterocycles. The summed E-state index contributed by atoms with van der Waals surface area (Å²) in [5, 5.41) is 6.74. The Morgan fingerprint density at radius 1 is 0.919 bits per heavy atom. The number of halogens is 1. The predicted octanol–water partition coefficient (Wildman–Crippen LogP) is 5.27. The summed E-state index contributed by atoms with van der Waals surface area (Å²) in [7, 11) is 1.65. The molecule has 3 aromatic carbocycles. The molecule has 5 N–H and O–H groups in total. The molecule has 0 unspecified atom stereocenters. The molecule has 5 rings (SSSR count). The van der Waals surface area contributed by atoms with Crippen LogP contribution in [0.5, 0.6) is 0 Å². The van der Waals surface area contributed by atoms with Crippen molar-refractivity contribution in [3.05, 3.63) is 112 Å². The zero-order valence-corrected chi connectivity index (χ0v) is 20.5. The highest BCUT2D eigenvalue weighted by Crippen LogP contribution is 2.29. The molecule has 0 aliphatic carbocycles. The number of fused-ring (bicyclic) bond motifs is 1. The Morgan fingerprint density at radius 3 is 2.41 bits per heavy atom. The van der Waals surface area contributed by atoms with Crippen molar-refractivity contribution in [1.29, 1.82) is 0 Å². The predicted molar refractivity (Wildman–Crippen MR) is 147 cm³/mol.